The number of hydrogen-bond donors (Lipinski definition) is 3. The Morgan fingerprint density at radius 2 is 2.33 bits per heavy atom. The first-order chi connectivity index (χ1) is 8.54. The first-order valence-electron chi connectivity index (χ1n) is 5.94. The Morgan fingerprint density at radius 1 is 1.61 bits per heavy atom. The zero-order chi connectivity index (χ0) is 13.5. The van der Waals surface area contributed by atoms with Gasteiger partial charge in [-0.05, 0) is 30.9 Å². The highest BCUT2D eigenvalue weighted by Crippen LogP contribution is 2.17. The third-order valence-corrected chi connectivity index (χ3v) is 3.39. The normalized spacial score (nSPS) is 12.1. The van der Waals surface area contributed by atoms with Crippen molar-refractivity contribution in [1.82, 2.24) is 4.98 Å². The van der Waals surface area contributed by atoms with E-state index in [1.54, 1.807) is 6.07 Å². The number of pyridine rings is 1. The van der Waals surface area contributed by atoms with Gasteiger partial charge < -0.3 is 16.8 Å². The molecule has 0 saturated heterocycles. The number of nitrogens with zero attached hydrogens (tertiary/aromatic N) is 1. The summed E-state index contributed by atoms with van der Waals surface area (Å²) in [6.45, 7) is 4.19. The summed E-state index contributed by atoms with van der Waals surface area (Å²) in [5.74, 6) is 2.17. The van der Waals surface area contributed by atoms with Crippen molar-refractivity contribution in [2.45, 2.75) is 26.3 Å². The van der Waals surface area contributed by atoms with Gasteiger partial charge in [-0.2, -0.15) is 11.8 Å². The topological polar surface area (TPSA) is 94.0 Å². The van der Waals surface area contributed by atoms with E-state index in [1.165, 1.54) is 6.20 Å². The zero-order valence-electron chi connectivity index (χ0n) is 10.8. The molecule has 100 valence electrons. The van der Waals surface area contributed by atoms with Gasteiger partial charge in [-0.3, -0.25) is 4.79 Å². The lowest BCUT2D eigenvalue weighted by atomic mass is 10.2. The molecule has 1 unspecified atom stereocenters. The van der Waals surface area contributed by atoms with Gasteiger partial charge in [0, 0.05) is 6.04 Å². The largest absolute Gasteiger partial charge is 0.397 e. The Labute approximate surface area is 112 Å². The molecule has 1 amide bonds. The van der Waals surface area contributed by atoms with Crippen LogP contribution >= 0.6 is 11.8 Å². The standard InChI is InChI=1S/C12H20N4OS/c1-3-18-5-4-8(2)16-12-10(11(14)17)6-9(13)7-15-12/h6-8H,3-5,13H2,1-2H3,(H2,14,17)(H,15,16). The number of nitrogen functional groups attached to an aromatic ring is 1. The molecule has 0 fully saturated rings. The number of rotatable bonds is 7. The molecular weight excluding hydrogens is 248 g/mol. The average Bonchev–Trinajstić information content (AvgIpc) is 2.31. The highest BCUT2D eigenvalue weighted by Gasteiger charge is 2.12. The van der Waals surface area contributed by atoms with Crippen LogP contribution < -0.4 is 16.8 Å². The SMILES string of the molecule is CCSCCC(C)Nc1ncc(N)cc1C(N)=O. The van der Waals surface area contributed by atoms with Gasteiger partial charge in [0.25, 0.3) is 5.91 Å². The quantitative estimate of drug-likeness (QED) is 0.654. The number of anilines is 2. The Bertz CT molecular complexity index is 411. The lowest BCUT2D eigenvalue weighted by molar-refractivity contribution is 0.100. The number of nitrogens with one attached hydrogen (secondary N) is 1. The third kappa shape index (κ3) is 4.44. The second kappa shape index (κ2) is 7.10. The lowest BCUT2D eigenvalue weighted by Crippen LogP contribution is -2.21. The third-order valence-electron chi connectivity index (χ3n) is 2.46. The second-order valence-corrected chi connectivity index (χ2v) is 5.45. The predicted molar refractivity (Wildman–Crippen MR) is 77.9 cm³/mol. The second-order valence-electron chi connectivity index (χ2n) is 4.06. The molecule has 1 aromatic heterocycles. The summed E-state index contributed by atoms with van der Waals surface area (Å²) >= 11 is 1.89. The van der Waals surface area contributed by atoms with Crippen LogP contribution in [0.2, 0.25) is 0 Å². The van der Waals surface area contributed by atoms with Crippen LogP contribution in [0, 0.1) is 0 Å². The summed E-state index contributed by atoms with van der Waals surface area (Å²) in [5.41, 5.74) is 11.7. The summed E-state index contributed by atoms with van der Waals surface area (Å²) < 4.78 is 0. The van der Waals surface area contributed by atoms with E-state index in [9.17, 15) is 4.79 Å². The van der Waals surface area contributed by atoms with E-state index >= 15 is 0 Å². The Balaban J connectivity index is 2.68. The van der Waals surface area contributed by atoms with Crippen LogP contribution in [-0.4, -0.2) is 28.4 Å². The monoisotopic (exact) mass is 268 g/mol. The van der Waals surface area contributed by atoms with E-state index in [4.69, 9.17) is 11.5 Å². The minimum absolute atomic E-state index is 0.235. The van der Waals surface area contributed by atoms with Crippen molar-refractivity contribution >= 4 is 29.2 Å². The lowest BCUT2D eigenvalue weighted by Gasteiger charge is -2.16. The summed E-state index contributed by atoms with van der Waals surface area (Å²) in [6, 6.07) is 1.78. The number of hydrogen-bond acceptors (Lipinski definition) is 5. The van der Waals surface area contributed by atoms with Crippen LogP contribution in [0.25, 0.3) is 0 Å². The minimum atomic E-state index is -0.521. The molecule has 0 spiro atoms. The van der Waals surface area contributed by atoms with E-state index in [2.05, 4.69) is 24.1 Å². The van der Waals surface area contributed by atoms with E-state index in [0.717, 1.165) is 17.9 Å². The Morgan fingerprint density at radius 3 is 2.94 bits per heavy atom. The predicted octanol–water partition coefficient (Wildman–Crippen LogP) is 1.71. The van der Waals surface area contributed by atoms with Crippen molar-refractivity contribution in [1.29, 1.82) is 0 Å². The first kappa shape index (κ1) is 14.6. The molecule has 1 rings (SSSR count). The van der Waals surface area contributed by atoms with Gasteiger partial charge in [0.05, 0.1) is 17.4 Å². The van der Waals surface area contributed by atoms with Gasteiger partial charge in [0.2, 0.25) is 0 Å². The van der Waals surface area contributed by atoms with Crippen molar-refractivity contribution in [3.05, 3.63) is 17.8 Å². The number of carbonyl (C=O) groups excluding carboxylic acids is 1. The highest BCUT2D eigenvalue weighted by atomic mass is 32.2. The molecule has 18 heavy (non-hydrogen) atoms. The van der Waals surface area contributed by atoms with Crippen molar-refractivity contribution < 1.29 is 4.79 Å². The summed E-state index contributed by atoms with van der Waals surface area (Å²) in [7, 11) is 0. The van der Waals surface area contributed by atoms with Crippen molar-refractivity contribution in [2.24, 2.45) is 5.73 Å². The van der Waals surface area contributed by atoms with Gasteiger partial charge in [-0.25, -0.2) is 4.98 Å². The maximum atomic E-state index is 11.3. The number of aromatic nitrogens is 1. The molecule has 0 aromatic carbocycles. The summed E-state index contributed by atoms with van der Waals surface area (Å²) in [6.07, 6.45) is 2.52. The van der Waals surface area contributed by atoms with E-state index in [-0.39, 0.29) is 6.04 Å². The molecule has 0 radical (unpaired) electrons. The molecule has 0 aliphatic rings. The molecule has 1 atom stereocenters. The molecule has 1 aromatic rings. The zero-order valence-corrected chi connectivity index (χ0v) is 11.6. The van der Waals surface area contributed by atoms with E-state index in [1.807, 2.05) is 11.8 Å². The van der Waals surface area contributed by atoms with Crippen LogP contribution in [0.15, 0.2) is 12.3 Å². The molecule has 0 aliphatic carbocycles. The molecule has 1 heterocycles. The fourth-order valence-electron chi connectivity index (χ4n) is 1.49. The maximum Gasteiger partial charge on any atom is 0.252 e. The van der Waals surface area contributed by atoms with Crippen LogP contribution in [-0.2, 0) is 0 Å². The van der Waals surface area contributed by atoms with Gasteiger partial charge in [-0.1, -0.05) is 6.92 Å². The van der Waals surface area contributed by atoms with Crippen LogP contribution in [0.1, 0.15) is 30.6 Å². The number of carbonyl (C=O) groups is 1. The molecule has 5 N–H and O–H groups in total. The number of primary amides is 1. The van der Waals surface area contributed by atoms with Crippen LogP contribution in [0.3, 0.4) is 0 Å². The fraction of sp³-hybridized carbons (Fsp3) is 0.500. The van der Waals surface area contributed by atoms with Crippen molar-refractivity contribution in [3.8, 4) is 0 Å². The molecule has 0 saturated carbocycles. The van der Waals surface area contributed by atoms with Gasteiger partial charge >= 0.3 is 0 Å². The van der Waals surface area contributed by atoms with Gasteiger partial charge in [0.15, 0.2) is 0 Å². The smallest absolute Gasteiger partial charge is 0.252 e. The van der Waals surface area contributed by atoms with Gasteiger partial charge in [0.1, 0.15) is 5.82 Å². The summed E-state index contributed by atoms with van der Waals surface area (Å²) in [4.78, 5) is 15.4. The number of amides is 1. The Hall–Kier alpha value is -1.43. The molecule has 6 heteroatoms. The number of nitrogens with two attached hydrogens (primary N) is 2. The molecule has 0 bridgehead atoms. The Kier molecular flexibility index (Phi) is 5.77. The van der Waals surface area contributed by atoms with E-state index < -0.39 is 5.91 Å². The van der Waals surface area contributed by atoms with E-state index in [0.29, 0.717) is 17.1 Å². The van der Waals surface area contributed by atoms with Crippen molar-refractivity contribution in [3.63, 3.8) is 0 Å². The fourth-order valence-corrected chi connectivity index (χ4v) is 2.30. The molecule has 0 aliphatic heterocycles. The number of thioether (sulfide) groups is 1. The average molecular weight is 268 g/mol. The van der Waals surface area contributed by atoms with Crippen LogP contribution in [0.4, 0.5) is 11.5 Å². The van der Waals surface area contributed by atoms with Gasteiger partial charge in [-0.15, -0.1) is 0 Å². The minimum Gasteiger partial charge on any atom is -0.397 e. The van der Waals surface area contributed by atoms with Crippen LogP contribution in [0.5, 0.6) is 0 Å². The highest BCUT2D eigenvalue weighted by molar-refractivity contribution is 7.99. The molecule has 5 nitrogen and oxygen atoms in total. The first-order valence-corrected chi connectivity index (χ1v) is 7.09. The summed E-state index contributed by atoms with van der Waals surface area (Å²) in [5, 5.41) is 3.20. The van der Waals surface area contributed by atoms with Crippen molar-refractivity contribution in [2.75, 3.05) is 22.6 Å². The maximum absolute atomic E-state index is 11.3. The molecular formula is C12H20N4OS.